The van der Waals surface area contributed by atoms with E-state index in [0.29, 0.717) is 25.7 Å². The van der Waals surface area contributed by atoms with Crippen LogP contribution in [0, 0.1) is 11.8 Å². The van der Waals surface area contributed by atoms with Gasteiger partial charge in [0.05, 0.1) is 26.4 Å². The van der Waals surface area contributed by atoms with Gasteiger partial charge in [0.1, 0.15) is 19.3 Å². The first-order valence-electron chi connectivity index (χ1n) is 40.5. The molecule has 17 nitrogen and oxygen atoms in total. The van der Waals surface area contributed by atoms with Crippen LogP contribution >= 0.6 is 15.6 Å². The summed E-state index contributed by atoms with van der Waals surface area (Å²) < 4.78 is 68.4. The molecular weight excluding hydrogens is 1270 g/mol. The molecule has 0 aromatic carbocycles. The van der Waals surface area contributed by atoms with Crippen molar-refractivity contribution < 1.29 is 80.2 Å². The molecule has 0 radical (unpaired) electrons. The summed E-state index contributed by atoms with van der Waals surface area (Å²) in [6.07, 6.45) is 58.7. The van der Waals surface area contributed by atoms with Gasteiger partial charge in [-0.3, -0.25) is 37.3 Å². The Bertz CT molecular complexity index is 1870. The van der Waals surface area contributed by atoms with Crippen molar-refractivity contribution in [2.75, 3.05) is 39.6 Å². The number of rotatable bonds is 77. The largest absolute Gasteiger partial charge is 0.472 e. The highest BCUT2D eigenvalue weighted by Crippen LogP contribution is 2.45. The van der Waals surface area contributed by atoms with Crippen molar-refractivity contribution in [3.63, 3.8) is 0 Å². The van der Waals surface area contributed by atoms with Crippen molar-refractivity contribution in [2.24, 2.45) is 11.8 Å². The summed E-state index contributed by atoms with van der Waals surface area (Å²) in [6, 6.07) is 0. The van der Waals surface area contributed by atoms with E-state index in [1.807, 2.05) is 0 Å². The quantitative estimate of drug-likeness (QED) is 0.0222. The summed E-state index contributed by atoms with van der Waals surface area (Å²) in [6.45, 7) is 9.58. The van der Waals surface area contributed by atoms with E-state index in [1.165, 1.54) is 218 Å². The van der Waals surface area contributed by atoms with E-state index < -0.39 is 97.5 Å². The van der Waals surface area contributed by atoms with Gasteiger partial charge in [0, 0.05) is 25.7 Å². The number of hydrogen-bond acceptors (Lipinski definition) is 15. The molecule has 5 atom stereocenters. The van der Waals surface area contributed by atoms with E-state index in [4.69, 9.17) is 37.0 Å². The first kappa shape index (κ1) is 95.1. The molecule has 0 bridgehead atoms. The zero-order valence-electron chi connectivity index (χ0n) is 63.4. The van der Waals surface area contributed by atoms with Gasteiger partial charge in [-0.25, -0.2) is 9.13 Å². The minimum absolute atomic E-state index is 0.108. The lowest BCUT2D eigenvalue weighted by atomic mass is 10.0. The molecule has 97 heavy (non-hydrogen) atoms. The molecule has 0 aromatic heterocycles. The van der Waals surface area contributed by atoms with Crippen LogP contribution in [-0.2, 0) is 65.4 Å². The highest BCUT2D eigenvalue weighted by atomic mass is 31.2. The molecule has 0 aliphatic carbocycles. The fourth-order valence-corrected chi connectivity index (χ4v) is 13.6. The number of carbonyl (C=O) groups excluding carboxylic acids is 4. The van der Waals surface area contributed by atoms with Gasteiger partial charge < -0.3 is 33.8 Å². The number of phosphoric ester groups is 2. The van der Waals surface area contributed by atoms with Crippen molar-refractivity contribution in [1.82, 2.24) is 0 Å². The molecule has 0 fully saturated rings. The molecule has 0 aromatic rings. The van der Waals surface area contributed by atoms with E-state index in [-0.39, 0.29) is 25.7 Å². The summed E-state index contributed by atoms with van der Waals surface area (Å²) in [5.74, 6) is -0.521. The van der Waals surface area contributed by atoms with Crippen molar-refractivity contribution >= 4 is 39.5 Å². The van der Waals surface area contributed by atoms with Crippen LogP contribution in [-0.4, -0.2) is 96.7 Å². The molecular formula is C78H152O17P2. The standard InChI is InChI=1S/C78H152O17P2/c1-7-9-11-13-14-15-16-17-18-19-22-29-34-39-44-50-56-62-77(82)94-73(66-88-75(80)60-54-46-12-10-8-2)68-92-96(84,85)90-64-72(79)65-91-97(86,87)93-69-74(67-89-76(81)61-55-49-43-38-33-28-25-24-27-32-37-42-48-53-59-71(5)6)95-78(83)63-57-51-45-40-35-30-23-20-21-26-31-36-41-47-52-58-70(3)4/h70-74,79H,7-69H2,1-6H3,(H,84,85)(H,86,87)/t72-,73+,74+/m0/s1. The number of phosphoric acid groups is 2. The van der Waals surface area contributed by atoms with Crippen LogP contribution in [0.25, 0.3) is 0 Å². The maximum absolute atomic E-state index is 13.1. The van der Waals surface area contributed by atoms with Crippen LogP contribution in [0.2, 0.25) is 0 Å². The van der Waals surface area contributed by atoms with Gasteiger partial charge in [0.15, 0.2) is 12.2 Å². The Labute approximate surface area is 594 Å². The van der Waals surface area contributed by atoms with Gasteiger partial charge in [0.25, 0.3) is 0 Å². The second-order valence-electron chi connectivity index (χ2n) is 29.1. The number of unbranched alkanes of at least 4 members (excludes halogenated alkanes) is 47. The van der Waals surface area contributed by atoms with Gasteiger partial charge in [-0.2, -0.15) is 0 Å². The summed E-state index contributed by atoms with van der Waals surface area (Å²) >= 11 is 0. The third kappa shape index (κ3) is 72.2. The highest BCUT2D eigenvalue weighted by Gasteiger charge is 2.30. The Morgan fingerprint density at radius 1 is 0.278 bits per heavy atom. The van der Waals surface area contributed by atoms with Crippen LogP contribution < -0.4 is 0 Å². The van der Waals surface area contributed by atoms with E-state index in [1.54, 1.807) is 0 Å². The predicted molar refractivity (Wildman–Crippen MR) is 395 cm³/mol. The lowest BCUT2D eigenvalue weighted by Gasteiger charge is -2.21. The fraction of sp³-hybridized carbons (Fsp3) is 0.949. The van der Waals surface area contributed by atoms with Gasteiger partial charge in [-0.1, -0.05) is 356 Å². The summed E-state index contributed by atoms with van der Waals surface area (Å²) in [7, 11) is -9.90. The molecule has 0 aliphatic rings. The van der Waals surface area contributed by atoms with Crippen molar-refractivity contribution in [3.8, 4) is 0 Å². The molecule has 19 heteroatoms. The van der Waals surface area contributed by atoms with Crippen LogP contribution in [0.1, 0.15) is 408 Å². The average Bonchev–Trinajstić information content (AvgIpc) is 1.24. The SMILES string of the molecule is CCCCCCCCCCCCCCCCCCCC(=O)O[C@H](COC(=O)CCCCCCC)COP(=O)(O)OC[C@H](O)COP(=O)(O)OC[C@@H](COC(=O)CCCCCCCCCCCCCCCCC(C)C)OC(=O)CCCCCCCCCCCCCCCCCC(C)C. The summed E-state index contributed by atoms with van der Waals surface area (Å²) in [4.78, 5) is 72.6. The Balaban J connectivity index is 5.13. The molecule has 3 N–H and O–H groups in total. The first-order valence-corrected chi connectivity index (χ1v) is 43.5. The monoisotopic (exact) mass is 1420 g/mol. The summed E-state index contributed by atoms with van der Waals surface area (Å²) in [5.41, 5.74) is 0. The number of aliphatic hydroxyl groups excluding tert-OH is 1. The normalized spacial score (nSPS) is 14.0. The van der Waals surface area contributed by atoms with Gasteiger partial charge in [0.2, 0.25) is 0 Å². The minimum atomic E-state index is -4.96. The maximum atomic E-state index is 13.1. The van der Waals surface area contributed by atoms with Crippen molar-refractivity contribution in [2.45, 2.75) is 426 Å². The first-order chi connectivity index (χ1) is 46.9. The smallest absolute Gasteiger partial charge is 0.462 e. The Morgan fingerprint density at radius 2 is 0.474 bits per heavy atom. The van der Waals surface area contributed by atoms with Crippen molar-refractivity contribution in [1.29, 1.82) is 0 Å². The zero-order valence-corrected chi connectivity index (χ0v) is 65.2. The molecule has 2 unspecified atom stereocenters. The topological polar surface area (TPSA) is 237 Å². The van der Waals surface area contributed by atoms with E-state index in [2.05, 4.69) is 41.5 Å². The predicted octanol–water partition coefficient (Wildman–Crippen LogP) is 23.1. The molecule has 0 saturated carbocycles. The number of ether oxygens (including phenoxy) is 4. The Hall–Kier alpha value is -1.94. The molecule has 0 heterocycles. The molecule has 0 amide bonds. The van der Waals surface area contributed by atoms with Gasteiger partial charge in [-0.05, 0) is 37.5 Å². The number of carbonyl (C=O) groups is 4. The Morgan fingerprint density at radius 3 is 0.701 bits per heavy atom. The summed E-state index contributed by atoms with van der Waals surface area (Å²) in [5, 5.41) is 10.6. The van der Waals surface area contributed by atoms with Crippen molar-refractivity contribution in [3.05, 3.63) is 0 Å². The Kier molecular flexibility index (Phi) is 68.4. The van der Waals surface area contributed by atoms with E-state index in [0.717, 1.165) is 108 Å². The number of hydrogen-bond donors (Lipinski definition) is 3. The third-order valence-electron chi connectivity index (χ3n) is 18.2. The minimum Gasteiger partial charge on any atom is -0.462 e. The second kappa shape index (κ2) is 69.8. The van der Waals surface area contributed by atoms with Gasteiger partial charge >= 0.3 is 39.5 Å². The van der Waals surface area contributed by atoms with E-state index >= 15 is 0 Å². The van der Waals surface area contributed by atoms with Crippen LogP contribution in [0.4, 0.5) is 0 Å². The average molecular weight is 1420 g/mol. The molecule has 0 spiro atoms. The lowest BCUT2D eigenvalue weighted by molar-refractivity contribution is -0.161. The fourth-order valence-electron chi connectivity index (χ4n) is 12.0. The molecule has 0 saturated heterocycles. The van der Waals surface area contributed by atoms with Crippen LogP contribution in [0.5, 0.6) is 0 Å². The van der Waals surface area contributed by atoms with Crippen LogP contribution in [0.15, 0.2) is 0 Å². The molecule has 0 aliphatic heterocycles. The molecule has 0 rings (SSSR count). The van der Waals surface area contributed by atoms with Crippen LogP contribution in [0.3, 0.4) is 0 Å². The van der Waals surface area contributed by atoms with E-state index in [9.17, 15) is 43.2 Å². The second-order valence-corrected chi connectivity index (χ2v) is 32.0. The molecule has 576 valence electrons. The number of esters is 4. The lowest BCUT2D eigenvalue weighted by Crippen LogP contribution is -2.30. The third-order valence-corrected chi connectivity index (χ3v) is 20.1. The maximum Gasteiger partial charge on any atom is 0.472 e. The zero-order chi connectivity index (χ0) is 71.4. The van der Waals surface area contributed by atoms with Gasteiger partial charge in [-0.15, -0.1) is 0 Å². The highest BCUT2D eigenvalue weighted by molar-refractivity contribution is 7.47. The number of aliphatic hydroxyl groups is 1.